The second-order valence-electron chi connectivity index (χ2n) is 4.14. The number of carbonyl (C=O) groups is 2. The van der Waals surface area contributed by atoms with E-state index in [4.69, 9.17) is 5.26 Å². The number of amides is 2. The molecule has 20 heavy (non-hydrogen) atoms. The summed E-state index contributed by atoms with van der Waals surface area (Å²) in [4.78, 5) is 29.5. The number of carbonyl (C=O) groups excluding carboxylic acids is 2. The third kappa shape index (κ3) is 1.72. The lowest BCUT2D eigenvalue weighted by Gasteiger charge is -2.15. The van der Waals surface area contributed by atoms with Gasteiger partial charge in [0.05, 0.1) is 22.4 Å². The van der Waals surface area contributed by atoms with Crippen LogP contribution < -0.4 is 4.90 Å². The topological polar surface area (TPSA) is 74.1 Å². The molecular weight excluding hydrogens is 322 g/mol. The third-order valence-corrected chi connectivity index (χ3v) is 3.50. The molecule has 2 heterocycles. The smallest absolute Gasteiger partial charge is 0.267 e. The van der Waals surface area contributed by atoms with Crippen LogP contribution in [-0.4, -0.2) is 16.8 Å². The van der Waals surface area contributed by atoms with Gasteiger partial charge in [0.1, 0.15) is 6.07 Å². The number of imide groups is 1. The SMILES string of the molecule is N#Cc1ccc(Br)cc1N1C(=O)c2ccncc2C1=O. The molecule has 0 atom stereocenters. The lowest BCUT2D eigenvalue weighted by molar-refractivity contribution is 0.0926. The van der Waals surface area contributed by atoms with E-state index in [-0.39, 0.29) is 16.8 Å². The zero-order chi connectivity index (χ0) is 14.3. The van der Waals surface area contributed by atoms with Crippen molar-refractivity contribution in [2.24, 2.45) is 0 Å². The average Bonchev–Trinajstić information content (AvgIpc) is 2.71. The highest BCUT2D eigenvalue weighted by Gasteiger charge is 2.37. The lowest BCUT2D eigenvalue weighted by Crippen LogP contribution is -2.30. The molecule has 6 heteroatoms. The molecule has 0 fully saturated rings. The van der Waals surface area contributed by atoms with Gasteiger partial charge in [-0.15, -0.1) is 0 Å². The number of rotatable bonds is 1. The van der Waals surface area contributed by atoms with Crippen LogP contribution in [0.15, 0.2) is 41.1 Å². The van der Waals surface area contributed by atoms with Gasteiger partial charge in [0.25, 0.3) is 11.8 Å². The van der Waals surface area contributed by atoms with E-state index in [1.54, 1.807) is 18.2 Å². The predicted octanol–water partition coefficient (Wildman–Crippen LogP) is 2.52. The van der Waals surface area contributed by atoms with Gasteiger partial charge in [-0.3, -0.25) is 14.6 Å². The van der Waals surface area contributed by atoms with E-state index in [1.165, 1.54) is 18.5 Å². The van der Waals surface area contributed by atoms with Gasteiger partial charge in [-0.1, -0.05) is 15.9 Å². The molecule has 2 aromatic rings. The monoisotopic (exact) mass is 327 g/mol. The van der Waals surface area contributed by atoms with Crippen LogP contribution >= 0.6 is 15.9 Å². The zero-order valence-electron chi connectivity index (χ0n) is 10.0. The molecule has 0 radical (unpaired) electrons. The number of benzene rings is 1. The highest BCUT2D eigenvalue weighted by atomic mass is 79.9. The molecule has 0 saturated carbocycles. The normalized spacial score (nSPS) is 13.3. The number of nitrogens with zero attached hydrogens (tertiary/aromatic N) is 3. The van der Waals surface area contributed by atoms with Crippen LogP contribution in [0.3, 0.4) is 0 Å². The Balaban J connectivity index is 2.19. The third-order valence-electron chi connectivity index (χ3n) is 3.01. The summed E-state index contributed by atoms with van der Waals surface area (Å²) in [6.45, 7) is 0. The summed E-state index contributed by atoms with van der Waals surface area (Å²) in [6, 6.07) is 8.30. The number of anilines is 1. The fourth-order valence-electron chi connectivity index (χ4n) is 2.09. The Labute approximate surface area is 122 Å². The molecule has 0 saturated heterocycles. The van der Waals surface area contributed by atoms with Crippen molar-refractivity contribution in [1.82, 2.24) is 4.98 Å². The molecule has 0 spiro atoms. The fraction of sp³-hybridized carbons (Fsp3) is 0. The Morgan fingerprint density at radius 1 is 1.15 bits per heavy atom. The van der Waals surface area contributed by atoms with Crippen molar-refractivity contribution < 1.29 is 9.59 Å². The molecule has 3 rings (SSSR count). The Hall–Kier alpha value is -2.52. The minimum Gasteiger partial charge on any atom is -0.268 e. The van der Waals surface area contributed by atoms with Crippen LogP contribution in [0.5, 0.6) is 0 Å². The number of hydrogen-bond donors (Lipinski definition) is 0. The van der Waals surface area contributed by atoms with Gasteiger partial charge >= 0.3 is 0 Å². The van der Waals surface area contributed by atoms with E-state index >= 15 is 0 Å². The molecule has 0 bridgehead atoms. The first-order chi connectivity index (χ1) is 9.63. The minimum absolute atomic E-state index is 0.251. The largest absolute Gasteiger partial charge is 0.268 e. The number of nitriles is 1. The molecule has 5 nitrogen and oxygen atoms in total. The van der Waals surface area contributed by atoms with Gasteiger partial charge in [-0.05, 0) is 24.3 Å². The molecule has 96 valence electrons. The first-order valence-electron chi connectivity index (χ1n) is 5.66. The van der Waals surface area contributed by atoms with Crippen molar-refractivity contribution in [2.75, 3.05) is 4.90 Å². The molecule has 0 aliphatic carbocycles. The maximum absolute atomic E-state index is 12.3. The van der Waals surface area contributed by atoms with Crippen molar-refractivity contribution in [3.8, 4) is 6.07 Å². The summed E-state index contributed by atoms with van der Waals surface area (Å²) in [7, 11) is 0. The van der Waals surface area contributed by atoms with Crippen LogP contribution in [0.25, 0.3) is 0 Å². The van der Waals surface area contributed by atoms with Gasteiger partial charge < -0.3 is 0 Å². The summed E-state index contributed by atoms with van der Waals surface area (Å²) in [6.07, 6.45) is 2.82. The summed E-state index contributed by atoms with van der Waals surface area (Å²) in [5, 5.41) is 9.13. The molecule has 2 amide bonds. The Kier molecular flexibility index (Phi) is 2.84. The van der Waals surface area contributed by atoms with Gasteiger partial charge in [-0.2, -0.15) is 5.26 Å². The molecule has 1 aliphatic rings. The van der Waals surface area contributed by atoms with Crippen LogP contribution in [0, 0.1) is 11.3 Å². The fourth-order valence-corrected chi connectivity index (χ4v) is 2.44. The molecule has 1 aromatic carbocycles. The predicted molar refractivity (Wildman–Crippen MR) is 74.2 cm³/mol. The number of hydrogen-bond acceptors (Lipinski definition) is 4. The molecule has 1 aliphatic heterocycles. The Morgan fingerprint density at radius 2 is 1.90 bits per heavy atom. The number of pyridine rings is 1. The van der Waals surface area contributed by atoms with Crippen LogP contribution in [-0.2, 0) is 0 Å². The first-order valence-corrected chi connectivity index (χ1v) is 6.45. The van der Waals surface area contributed by atoms with Crippen molar-refractivity contribution in [3.05, 3.63) is 57.8 Å². The van der Waals surface area contributed by atoms with Crippen molar-refractivity contribution in [3.63, 3.8) is 0 Å². The maximum Gasteiger partial charge on any atom is 0.267 e. The standard InChI is InChI=1S/C14H6BrN3O2/c15-9-2-1-8(6-16)12(5-9)18-13(19)10-3-4-17-7-11(10)14(18)20/h1-5,7H. The average molecular weight is 328 g/mol. The minimum atomic E-state index is -0.465. The highest BCUT2D eigenvalue weighted by Crippen LogP contribution is 2.31. The van der Waals surface area contributed by atoms with E-state index < -0.39 is 11.8 Å². The van der Waals surface area contributed by atoms with E-state index in [9.17, 15) is 9.59 Å². The van der Waals surface area contributed by atoms with Crippen molar-refractivity contribution >= 4 is 33.4 Å². The Morgan fingerprint density at radius 3 is 2.60 bits per heavy atom. The summed E-state index contributed by atoms with van der Waals surface area (Å²) in [5.41, 5.74) is 1.08. The zero-order valence-corrected chi connectivity index (χ0v) is 11.6. The summed E-state index contributed by atoms with van der Waals surface area (Å²) in [5.74, 6) is -0.908. The molecule has 1 aromatic heterocycles. The first kappa shape index (κ1) is 12.5. The van der Waals surface area contributed by atoms with Crippen LogP contribution in [0.1, 0.15) is 26.3 Å². The number of fused-ring (bicyclic) bond motifs is 1. The maximum atomic E-state index is 12.3. The van der Waals surface area contributed by atoms with E-state index in [0.29, 0.717) is 10.0 Å². The molecule has 0 N–H and O–H groups in total. The van der Waals surface area contributed by atoms with Gasteiger partial charge in [0, 0.05) is 16.9 Å². The Bertz CT molecular complexity index is 760. The van der Waals surface area contributed by atoms with Crippen molar-refractivity contribution in [2.45, 2.75) is 0 Å². The quantitative estimate of drug-likeness (QED) is 0.754. The number of aromatic nitrogens is 1. The second kappa shape index (κ2) is 4.54. The van der Waals surface area contributed by atoms with E-state index in [0.717, 1.165) is 4.90 Å². The van der Waals surface area contributed by atoms with Crippen LogP contribution in [0.4, 0.5) is 5.69 Å². The lowest BCUT2D eigenvalue weighted by atomic mass is 10.2. The van der Waals surface area contributed by atoms with Crippen LogP contribution in [0.2, 0.25) is 0 Å². The summed E-state index contributed by atoms with van der Waals surface area (Å²) >= 11 is 3.28. The highest BCUT2D eigenvalue weighted by molar-refractivity contribution is 9.10. The molecule has 0 unspecified atom stereocenters. The van der Waals surface area contributed by atoms with Crippen molar-refractivity contribution in [1.29, 1.82) is 5.26 Å². The summed E-state index contributed by atoms with van der Waals surface area (Å²) < 4.78 is 0.682. The van der Waals surface area contributed by atoms with E-state index in [1.807, 2.05) is 6.07 Å². The van der Waals surface area contributed by atoms with E-state index in [2.05, 4.69) is 20.9 Å². The molecular formula is C14H6BrN3O2. The second-order valence-corrected chi connectivity index (χ2v) is 5.06. The number of halogens is 1. The van der Waals surface area contributed by atoms with Gasteiger partial charge in [-0.25, -0.2) is 4.90 Å². The van der Waals surface area contributed by atoms with Gasteiger partial charge in [0.2, 0.25) is 0 Å². The van der Waals surface area contributed by atoms with Gasteiger partial charge in [0.15, 0.2) is 0 Å².